The predicted molar refractivity (Wildman–Crippen MR) is 216 cm³/mol. The van der Waals surface area contributed by atoms with Crippen LogP contribution in [0.4, 0.5) is 0 Å². The summed E-state index contributed by atoms with van der Waals surface area (Å²) >= 11 is 0. The molecule has 3 nitrogen and oxygen atoms in total. The molecule has 0 saturated heterocycles. The molecule has 3 heteroatoms. The molecule has 0 spiro atoms. The fourth-order valence-electron chi connectivity index (χ4n) is 7.50. The van der Waals surface area contributed by atoms with Gasteiger partial charge >= 0.3 is 0 Å². The van der Waals surface area contributed by atoms with Gasteiger partial charge in [0.1, 0.15) is 5.52 Å². The van der Waals surface area contributed by atoms with Crippen molar-refractivity contribution in [1.29, 1.82) is 0 Å². The molecule has 0 aliphatic carbocycles. The topological polar surface area (TPSA) is 31.0 Å². The Morgan fingerprint density at radius 2 is 0.865 bits per heavy atom. The van der Waals surface area contributed by atoms with Crippen LogP contribution in [0.2, 0.25) is 0 Å². The van der Waals surface area contributed by atoms with Gasteiger partial charge in [-0.05, 0) is 99.6 Å². The number of nitrogens with zero attached hydrogens (tertiary/aromatic N) is 2. The smallest absolute Gasteiger partial charge is 0.227 e. The molecule has 2 heterocycles. The summed E-state index contributed by atoms with van der Waals surface area (Å²) in [6, 6.07) is 68.6. The molecule has 0 unspecified atom stereocenters. The number of hydrogen-bond acceptors (Lipinski definition) is 2. The van der Waals surface area contributed by atoms with Crippen molar-refractivity contribution >= 4 is 32.9 Å². The first-order valence-electron chi connectivity index (χ1n) is 17.6. The van der Waals surface area contributed by atoms with Crippen molar-refractivity contribution in [2.24, 2.45) is 0 Å². The molecule has 8 aromatic carbocycles. The largest absolute Gasteiger partial charge is 0.436 e. The minimum Gasteiger partial charge on any atom is -0.436 e. The van der Waals surface area contributed by atoms with E-state index in [9.17, 15) is 0 Å². The Hall–Kier alpha value is -6.97. The predicted octanol–water partition coefficient (Wildman–Crippen LogP) is 13.3. The van der Waals surface area contributed by atoms with Crippen LogP contribution in [0.5, 0.6) is 0 Å². The van der Waals surface area contributed by atoms with Gasteiger partial charge in [-0.15, -0.1) is 0 Å². The van der Waals surface area contributed by atoms with Crippen molar-refractivity contribution in [3.05, 3.63) is 194 Å². The summed E-state index contributed by atoms with van der Waals surface area (Å²) in [5.41, 5.74) is 15.0. The van der Waals surface area contributed by atoms with Crippen LogP contribution in [0.1, 0.15) is 0 Å². The summed E-state index contributed by atoms with van der Waals surface area (Å²) in [6.07, 6.45) is 0. The summed E-state index contributed by atoms with van der Waals surface area (Å²) in [7, 11) is 0. The molecule has 0 bridgehead atoms. The lowest BCUT2D eigenvalue weighted by Gasteiger charge is -2.10. The Bertz CT molecular complexity index is 2830. The SMILES string of the molecule is c1ccc(-c2cccc(-c3cc(-c4cccc(-c5ccccc5)c4)c4nc(-c5ccc(-n6c7ccccc7c7ccccc76)cc5)oc4c3)c2)cc1. The van der Waals surface area contributed by atoms with Gasteiger partial charge in [0.25, 0.3) is 0 Å². The van der Waals surface area contributed by atoms with Gasteiger partial charge in [-0.25, -0.2) is 4.98 Å². The minimum absolute atomic E-state index is 0.597. The van der Waals surface area contributed by atoms with Crippen LogP contribution in [0.25, 0.3) is 94.6 Å². The number of oxazole rings is 1. The second-order valence-electron chi connectivity index (χ2n) is 13.2. The van der Waals surface area contributed by atoms with Crippen molar-refractivity contribution in [1.82, 2.24) is 9.55 Å². The Morgan fingerprint density at radius 1 is 0.365 bits per heavy atom. The lowest BCUT2D eigenvalue weighted by molar-refractivity contribution is 0.620. The Kier molecular flexibility index (Phi) is 7.14. The maximum absolute atomic E-state index is 6.66. The van der Waals surface area contributed by atoms with Gasteiger partial charge in [-0.1, -0.05) is 133 Å². The third-order valence-electron chi connectivity index (χ3n) is 10.0. The zero-order chi connectivity index (χ0) is 34.4. The standard InChI is InChI=1S/C49H32N2O/c1-3-13-33(14-4-1)36-17-11-19-38(29-36)40-31-44(39-20-12-18-37(30-39)34-15-5-2-6-16-34)48-47(32-40)52-49(50-48)35-25-27-41(28-26-35)51-45-23-9-7-21-42(45)43-22-8-10-24-46(43)51/h1-32H. The molecular formula is C49H32N2O. The van der Waals surface area contributed by atoms with Gasteiger partial charge < -0.3 is 8.98 Å². The van der Waals surface area contributed by atoms with E-state index in [2.05, 4.69) is 199 Å². The zero-order valence-electron chi connectivity index (χ0n) is 28.3. The van der Waals surface area contributed by atoms with Gasteiger partial charge in [0.2, 0.25) is 5.89 Å². The van der Waals surface area contributed by atoms with E-state index in [1.54, 1.807) is 0 Å². The lowest BCUT2D eigenvalue weighted by atomic mass is 9.94. The summed E-state index contributed by atoms with van der Waals surface area (Å²) in [5.74, 6) is 0.597. The molecule has 0 fully saturated rings. The summed E-state index contributed by atoms with van der Waals surface area (Å²) < 4.78 is 8.99. The summed E-state index contributed by atoms with van der Waals surface area (Å²) in [6.45, 7) is 0. The summed E-state index contributed by atoms with van der Waals surface area (Å²) in [5, 5.41) is 2.49. The fourth-order valence-corrected chi connectivity index (χ4v) is 7.50. The van der Waals surface area contributed by atoms with E-state index in [-0.39, 0.29) is 0 Å². The molecule has 0 amide bonds. The van der Waals surface area contributed by atoms with E-state index in [4.69, 9.17) is 9.40 Å². The highest BCUT2D eigenvalue weighted by Gasteiger charge is 2.18. The molecule has 0 N–H and O–H groups in total. The number of fused-ring (bicyclic) bond motifs is 4. The Labute approximate surface area is 301 Å². The monoisotopic (exact) mass is 664 g/mol. The van der Waals surface area contributed by atoms with E-state index < -0.39 is 0 Å². The van der Waals surface area contributed by atoms with Crippen LogP contribution >= 0.6 is 0 Å². The van der Waals surface area contributed by atoms with E-state index >= 15 is 0 Å². The molecule has 0 aliphatic heterocycles. The molecule has 0 saturated carbocycles. The van der Waals surface area contributed by atoms with E-state index in [1.165, 1.54) is 38.5 Å². The zero-order valence-corrected chi connectivity index (χ0v) is 28.3. The first-order chi connectivity index (χ1) is 25.8. The molecule has 10 rings (SSSR count). The van der Waals surface area contributed by atoms with Gasteiger partial charge in [-0.2, -0.15) is 0 Å². The maximum atomic E-state index is 6.66. The Balaban J connectivity index is 1.11. The highest BCUT2D eigenvalue weighted by molar-refractivity contribution is 6.09. The van der Waals surface area contributed by atoms with Crippen LogP contribution in [0.15, 0.2) is 199 Å². The van der Waals surface area contributed by atoms with Crippen LogP contribution in [0.3, 0.4) is 0 Å². The molecule has 244 valence electrons. The third-order valence-corrected chi connectivity index (χ3v) is 10.0. The molecule has 2 aromatic heterocycles. The van der Waals surface area contributed by atoms with Gasteiger partial charge in [-0.3, -0.25) is 0 Å². The molecule has 52 heavy (non-hydrogen) atoms. The average molecular weight is 665 g/mol. The number of rotatable bonds is 6. The van der Waals surface area contributed by atoms with Crippen LogP contribution in [-0.4, -0.2) is 9.55 Å². The van der Waals surface area contributed by atoms with Crippen molar-refractivity contribution in [2.45, 2.75) is 0 Å². The number of aromatic nitrogens is 2. The van der Waals surface area contributed by atoms with Crippen LogP contribution < -0.4 is 0 Å². The van der Waals surface area contributed by atoms with Crippen LogP contribution in [-0.2, 0) is 0 Å². The Morgan fingerprint density at radius 3 is 1.48 bits per heavy atom. The van der Waals surface area contributed by atoms with Crippen LogP contribution in [0, 0.1) is 0 Å². The molecule has 10 aromatic rings. The quantitative estimate of drug-likeness (QED) is 0.177. The lowest BCUT2D eigenvalue weighted by Crippen LogP contribution is -1.93. The second-order valence-corrected chi connectivity index (χ2v) is 13.2. The first kappa shape index (κ1) is 29.9. The van der Waals surface area contributed by atoms with Gasteiger partial charge in [0, 0.05) is 27.6 Å². The molecule has 0 radical (unpaired) electrons. The van der Waals surface area contributed by atoms with Gasteiger partial charge in [0.15, 0.2) is 5.58 Å². The van der Waals surface area contributed by atoms with E-state index in [0.29, 0.717) is 5.89 Å². The van der Waals surface area contributed by atoms with Crippen molar-refractivity contribution in [3.8, 4) is 61.6 Å². The first-order valence-corrected chi connectivity index (χ1v) is 17.6. The molecule has 0 atom stereocenters. The highest BCUT2D eigenvalue weighted by Crippen LogP contribution is 2.39. The number of benzene rings is 8. The molecule has 0 aliphatic rings. The fraction of sp³-hybridized carbons (Fsp3) is 0. The van der Waals surface area contributed by atoms with Crippen molar-refractivity contribution in [2.75, 3.05) is 0 Å². The average Bonchev–Trinajstić information content (AvgIpc) is 3.81. The normalized spacial score (nSPS) is 11.5. The highest BCUT2D eigenvalue weighted by atomic mass is 16.3. The number of hydrogen-bond donors (Lipinski definition) is 0. The van der Waals surface area contributed by atoms with Crippen molar-refractivity contribution in [3.63, 3.8) is 0 Å². The van der Waals surface area contributed by atoms with Gasteiger partial charge in [0.05, 0.1) is 11.0 Å². The minimum atomic E-state index is 0.597. The third kappa shape index (κ3) is 5.19. The van der Waals surface area contributed by atoms with E-state index in [1.807, 2.05) is 0 Å². The van der Waals surface area contributed by atoms with Crippen molar-refractivity contribution < 1.29 is 4.42 Å². The van der Waals surface area contributed by atoms with E-state index in [0.717, 1.165) is 50.2 Å². The summed E-state index contributed by atoms with van der Waals surface area (Å²) in [4.78, 5) is 5.18. The number of para-hydroxylation sites is 2. The maximum Gasteiger partial charge on any atom is 0.227 e. The molecular weight excluding hydrogens is 633 g/mol. The second kappa shape index (κ2) is 12.4.